The Balaban J connectivity index is 3.32. The number of nitrogens with one attached hydrogen (secondary N) is 4. The summed E-state index contributed by atoms with van der Waals surface area (Å²) in [5.74, 6) is -4.48. The van der Waals surface area contributed by atoms with Crippen molar-refractivity contribution in [3.8, 4) is 0 Å². The summed E-state index contributed by atoms with van der Waals surface area (Å²) in [6.45, 7) is 13.8. The van der Waals surface area contributed by atoms with Gasteiger partial charge in [0.25, 0.3) is 5.91 Å². The van der Waals surface area contributed by atoms with Crippen LogP contribution in [0.25, 0.3) is 0 Å². The van der Waals surface area contributed by atoms with E-state index in [2.05, 4.69) is 27.8 Å². The highest BCUT2D eigenvalue weighted by Crippen LogP contribution is 2.32. The van der Waals surface area contributed by atoms with Crippen molar-refractivity contribution in [1.29, 1.82) is 0 Å². The van der Waals surface area contributed by atoms with Crippen LogP contribution < -0.4 is 21.3 Å². The van der Waals surface area contributed by atoms with Gasteiger partial charge < -0.3 is 31.1 Å². The number of nitrogens with zero attached hydrogens (tertiary/aromatic N) is 2. The fraction of sp³-hybridized carbons (Fsp3) is 0.724. The molecule has 5 atom stereocenters. The van der Waals surface area contributed by atoms with Crippen LogP contribution in [-0.2, 0) is 24.0 Å². The monoisotopic (exact) mass is 632 g/mol. The summed E-state index contributed by atoms with van der Waals surface area (Å²) < 4.78 is 39.1. The van der Waals surface area contributed by atoms with Crippen molar-refractivity contribution in [2.45, 2.75) is 91.1 Å². The maximum atomic E-state index is 14.0. The van der Waals surface area contributed by atoms with Gasteiger partial charge in [0.1, 0.15) is 18.1 Å². The molecule has 15 heteroatoms. The van der Waals surface area contributed by atoms with Crippen molar-refractivity contribution < 1.29 is 41.9 Å². The maximum Gasteiger partial charge on any atom is 0.389 e. The van der Waals surface area contributed by atoms with E-state index in [0.29, 0.717) is 0 Å². The largest absolute Gasteiger partial charge is 0.389 e. The van der Waals surface area contributed by atoms with Crippen LogP contribution in [0.4, 0.5) is 18.0 Å². The number of likely N-dealkylation sites (N-methyl/N-ethyl adjacent to an activating group) is 1. The molecule has 1 heterocycles. The van der Waals surface area contributed by atoms with Crippen molar-refractivity contribution in [3.63, 3.8) is 0 Å². The molecule has 1 aliphatic heterocycles. The van der Waals surface area contributed by atoms with Crippen molar-refractivity contribution in [3.05, 3.63) is 12.7 Å². The van der Waals surface area contributed by atoms with Gasteiger partial charge in [0, 0.05) is 33.6 Å². The molecular weight excluding hydrogens is 585 g/mol. The van der Waals surface area contributed by atoms with Gasteiger partial charge in [-0.1, -0.05) is 40.7 Å². The first-order chi connectivity index (χ1) is 20.1. The molecule has 6 amide bonds. The number of carbonyl (C=O) groups excluding carboxylic acids is 6. The van der Waals surface area contributed by atoms with Gasteiger partial charge in [-0.3, -0.25) is 24.0 Å². The zero-order valence-corrected chi connectivity index (χ0v) is 26.8. The Bertz CT molecular complexity index is 1090. The van der Waals surface area contributed by atoms with Crippen molar-refractivity contribution in [1.82, 2.24) is 31.1 Å². The van der Waals surface area contributed by atoms with Crippen LogP contribution >= 0.6 is 0 Å². The van der Waals surface area contributed by atoms with E-state index in [1.165, 1.54) is 36.9 Å². The first-order valence-electron chi connectivity index (χ1n) is 14.5. The van der Waals surface area contributed by atoms with Crippen LogP contribution in [0, 0.1) is 17.3 Å². The average Bonchev–Trinajstić information content (AvgIpc) is 3.36. The number of urea groups is 1. The molecule has 4 N–H and O–H groups in total. The van der Waals surface area contributed by atoms with Crippen LogP contribution in [0.15, 0.2) is 12.7 Å². The highest BCUT2D eigenvalue weighted by Gasteiger charge is 2.46. The topological polar surface area (TPSA) is 157 Å². The summed E-state index contributed by atoms with van der Waals surface area (Å²) in [6.07, 6.45) is -5.53. The number of likely N-dealkylation sites (tertiary alicyclic amines) is 1. The van der Waals surface area contributed by atoms with E-state index in [4.69, 9.17) is 0 Å². The minimum atomic E-state index is -4.65. The summed E-state index contributed by atoms with van der Waals surface area (Å²) in [5.41, 5.74) is -0.866. The SMILES string of the molecule is C=CCNC(=O)C(=O)C(CCC(F)(F)F)NC(=O)C1C[C@@H](C(C)C)CN1C(=O)C(NC(=O)NC(C)C(=O)N(C)C)C(C)(C)C. The second-order valence-corrected chi connectivity index (χ2v) is 12.7. The first-order valence-corrected chi connectivity index (χ1v) is 14.5. The number of halogens is 3. The van der Waals surface area contributed by atoms with Gasteiger partial charge in [0.05, 0.1) is 6.04 Å². The van der Waals surface area contributed by atoms with E-state index in [-0.39, 0.29) is 37.3 Å². The molecule has 0 saturated carbocycles. The lowest BCUT2D eigenvalue weighted by Crippen LogP contribution is -2.61. The quantitative estimate of drug-likeness (QED) is 0.179. The molecule has 1 aliphatic rings. The van der Waals surface area contributed by atoms with Gasteiger partial charge in [0.2, 0.25) is 23.5 Å². The number of amides is 6. The number of ketones is 1. The normalized spacial score (nSPS) is 19.0. The molecule has 0 aromatic carbocycles. The van der Waals surface area contributed by atoms with Gasteiger partial charge in [-0.2, -0.15) is 13.2 Å². The Labute approximate surface area is 256 Å². The Hall–Kier alpha value is -3.65. The van der Waals surface area contributed by atoms with E-state index < -0.39 is 78.1 Å². The molecule has 0 aromatic heterocycles. The summed E-state index contributed by atoms with van der Waals surface area (Å²) in [6, 6.07) is -5.83. The van der Waals surface area contributed by atoms with Crippen molar-refractivity contribution in [2.24, 2.45) is 17.3 Å². The Morgan fingerprint density at radius 1 is 1.00 bits per heavy atom. The summed E-state index contributed by atoms with van der Waals surface area (Å²) in [4.78, 5) is 80.2. The summed E-state index contributed by atoms with van der Waals surface area (Å²) >= 11 is 0. The molecule has 4 unspecified atom stereocenters. The number of rotatable bonds is 13. The van der Waals surface area contributed by atoms with Crippen molar-refractivity contribution >= 4 is 35.4 Å². The van der Waals surface area contributed by atoms with Gasteiger partial charge in [-0.05, 0) is 37.0 Å². The third-order valence-corrected chi connectivity index (χ3v) is 7.39. The van der Waals surface area contributed by atoms with Crippen molar-refractivity contribution in [2.75, 3.05) is 27.2 Å². The molecule has 1 saturated heterocycles. The Morgan fingerprint density at radius 2 is 1.59 bits per heavy atom. The Morgan fingerprint density at radius 3 is 2.07 bits per heavy atom. The standard InChI is InChI=1S/C29H47F3N6O6/c1-10-13-33-24(41)21(39)19(11-12-29(30,31)32)35-23(40)20-14-18(16(2)3)15-38(20)26(43)22(28(5,6)7)36-27(44)34-17(4)25(42)37(8)9/h10,16-20,22H,1,11-15H2,2-9H3,(H,33,41)(H,35,40)(H2,34,36,44)/t17?,18-,19?,20?,22?/m1/s1. The smallest absolute Gasteiger partial charge is 0.347 e. The van der Waals surface area contributed by atoms with Gasteiger partial charge in [-0.25, -0.2) is 4.79 Å². The van der Waals surface area contributed by atoms with Crippen LogP contribution in [0.3, 0.4) is 0 Å². The van der Waals surface area contributed by atoms with Gasteiger partial charge >= 0.3 is 12.2 Å². The van der Waals surface area contributed by atoms with E-state index >= 15 is 0 Å². The number of Topliss-reactive ketones (excluding diaryl/α,β-unsaturated/α-hetero) is 1. The maximum absolute atomic E-state index is 14.0. The number of carbonyl (C=O) groups is 6. The number of hydrogen-bond donors (Lipinski definition) is 4. The zero-order chi connectivity index (χ0) is 34.2. The second kappa shape index (κ2) is 15.9. The van der Waals surface area contributed by atoms with E-state index in [9.17, 15) is 41.9 Å². The van der Waals surface area contributed by atoms with Gasteiger partial charge in [-0.15, -0.1) is 6.58 Å². The predicted octanol–water partition coefficient (Wildman–Crippen LogP) is 1.75. The van der Waals surface area contributed by atoms with Crippen LogP contribution in [0.1, 0.15) is 60.8 Å². The van der Waals surface area contributed by atoms with Crippen LogP contribution in [0.2, 0.25) is 0 Å². The van der Waals surface area contributed by atoms with Crippen LogP contribution in [-0.4, -0.2) is 103 Å². The third-order valence-electron chi connectivity index (χ3n) is 7.39. The third kappa shape index (κ3) is 11.5. The molecule has 1 rings (SSSR count). The number of alkyl halides is 3. The molecule has 0 bridgehead atoms. The van der Waals surface area contributed by atoms with E-state index in [1.54, 1.807) is 20.8 Å². The molecule has 44 heavy (non-hydrogen) atoms. The average molecular weight is 633 g/mol. The number of hydrogen-bond acceptors (Lipinski definition) is 6. The molecule has 0 aliphatic carbocycles. The molecular formula is C29H47F3N6O6. The summed E-state index contributed by atoms with van der Waals surface area (Å²) in [7, 11) is 3.05. The minimum Gasteiger partial charge on any atom is -0.347 e. The molecule has 0 spiro atoms. The molecule has 1 fully saturated rings. The fourth-order valence-electron chi connectivity index (χ4n) is 4.73. The molecule has 12 nitrogen and oxygen atoms in total. The van der Waals surface area contributed by atoms with Gasteiger partial charge in [0.15, 0.2) is 0 Å². The lowest BCUT2D eigenvalue weighted by Gasteiger charge is -2.36. The van der Waals surface area contributed by atoms with Crippen LogP contribution in [0.5, 0.6) is 0 Å². The predicted molar refractivity (Wildman–Crippen MR) is 157 cm³/mol. The molecule has 0 aromatic rings. The summed E-state index contributed by atoms with van der Waals surface area (Å²) in [5, 5.41) is 9.60. The van der Waals surface area contributed by atoms with E-state index in [1.807, 2.05) is 13.8 Å². The molecule has 250 valence electrons. The second-order valence-electron chi connectivity index (χ2n) is 12.7. The minimum absolute atomic E-state index is 0.0117. The lowest BCUT2D eigenvalue weighted by atomic mass is 9.85. The molecule has 0 radical (unpaired) electrons. The fourth-order valence-corrected chi connectivity index (χ4v) is 4.73. The highest BCUT2D eigenvalue weighted by atomic mass is 19.4. The zero-order valence-electron chi connectivity index (χ0n) is 26.8. The first kappa shape index (κ1) is 38.4. The Kier molecular flexibility index (Phi) is 13.9. The van der Waals surface area contributed by atoms with E-state index in [0.717, 1.165) is 0 Å². The lowest BCUT2D eigenvalue weighted by molar-refractivity contribution is -0.147. The highest BCUT2D eigenvalue weighted by molar-refractivity contribution is 6.38.